The van der Waals surface area contributed by atoms with E-state index in [0.29, 0.717) is 35.9 Å². The number of aromatic nitrogens is 2. The lowest BCUT2D eigenvalue weighted by Crippen LogP contribution is -2.16. The molecule has 1 aliphatic rings. The van der Waals surface area contributed by atoms with Crippen molar-refractivity contribution in [1.29, 1.82) is 0 Å². The zero-order chi connectivity index (χ0) is 11.8. The molecule has 0 unspecified atom stereocenters. The third-order valence-corrected chi connectivity index (χ3v) is 2.58. The maximum absolute atomic E-state index is 13.8. The molecule has 1 aliphatic heterocycles. The smallest absolute Gasteiger partial charge is 0.197 e. The van der Waals surface area contributed by atoms with Gasteiger partial charge in [0, 0.05) is 5.56 Å². The normalized spacial score (nSPS) is 13.7. The van der Waals surface area contributed by atoms with Crippen molar-refractivity contribution in [1.82, 2.24) is 10.2 Å². The summed E-state index contributed by atoms with van der Waals surface area (Å²) in [4.78, 5) is 0. The van der Waals surface area contributed by atoms with Crippen LogP contribution in [0.1, 0.15) is 0 Å². The topological polar surface area (TPSA) is 73.2 Å². The van der Waals surface area contributed by atoms with E-state index in [1.54, 1.807) is 12.3 Å². The molecule has 1 aromatic carbocycles. The monoisotopic (exact) mass is 235 g/mol. The van der Waals surface area contributed by atoms with E-state index in [9.17, 15) is 4.39 Å². The molecule has 0 fully saturated rings. The number of ether oxygens (including phenoxy) is 2. The van der Waals surface area contributed by atoms with Gasteiger partial charge < -0.3 is 15.2 Å². The largest absolute Gasteiger partial charge is 0.486 e. The van der Waals surface area contributed by atoms with Gasteiger partial charge in [0.25, 0.3) is 0 Å². The van der Waals surface area contributed by atoms with Crippen molar-refractivity contribution in [2.24, 2.45) is 0 Å². The lowest BCUT2D eigenvalue weighted by molar-refractivity contribution is 0.164. The molecule has 88 valence electrons. The number of benzene rings is 1. The summed E-state index contributed by atoms with van der Waals surface area (Å²) in [7, 11) is 0. The molecule has 0 radical (unpaired) electrons. The molecule has 3 N–H and O–H groups in total. The molecule has 17 heavy (non-hydrogen) atoms. The quantitative estimate of drug-likeness (QED) is 0.786. The Hall–Kier alpha value is -2.24. The van der Waals surface area contributed by atoms with Gasteiger partial charge in [-0.3, -0.25) is 5.10 Å². The summed E-state index contributed by atoms with van der Waals surface area (Å²) in [5.74, 6) is 0.479. The van der Waals surface area contributed by atoms with Crippen LogP contribution in [0.3, 0.4) is 0 Å². The van der Waals surface area contributed by atoms with Crippen LogP contribution in [0.5, 0.6) is 11.5 Å². The molecule has 0 bridgehead atoms. The zero-order valence-corrected chi connectivity index (χ0v) is 8.87. The predicted octanol–water partition coefficient (Wildman–Crippen LogP) is 1.57. The van der Waals surface area contributed by atoms with E-state index in [4.69, 9.17) is 15.2 Å². The van der Waals surface area contributed by atoms with Crippen molar-refractivity contribution in [2.75, 3.05) is 18.9 Å². The molecular weight excluding hydrogens is 225 g/mol. The Balaban J connectivity index is 2.14. The van der Waals surface area contributed by atoms with Crippen LogP contribution in [0.2, 0.25) is 0 Å². The summed E-state index contributed by atoms with van der Waals surface area (Å²) < 4.78 is 24.3. The van der Waals surface area contributed by atoms with Crippen LogP contribution in [0.4, 0.5) is 10.2 Å². The van der Waals surface area contributed by atoms with Crippen molar-refractivity contribution in [2.45, 2.75) is 0 Å². The van der Waals surface area contributed by atoms with Gasteiger partial charge in [0.15, 0.2) is 17.3 Å². The molecule has 3 rings (SSSR count). The molecule has 5 nitrogen and oxygen atoms in total. The SMILES string of the molecule is Nc1[nH]ncc1-c1cc(F)c2c(c1)OCCO2. The molecule has 2 heterocycles. The van der Waals surface area contributed by atoms with Crippen molar-refractivity contribution in [3.8, 4) is 22.6 Å². The van der Waals surface area contributed by atoms with Crippen LogP contribution in [0.15, 0.2) is 18.3 Å². The second kappa shape index (κ2) is 3.65. The van der Waals surface area contributed by atoms with E-state index in [1.165, 1.54) is 6.07 Å². The molecule has 1 aromatic heterocycles. The van der Waals surface area contributed by atoms with Gasteiger partial charge in [-0.2, -0.15) is 5.10 Å². The third kappa shape index (κ3) is 1.57. The van der Waals surface area contributed by atoms with E-state index in [1.807, 2.05) is 0 Å². The number of nitrogens with one attached hydrogen (secondary N) is 1. The van der Waals surface area contributed by atoms with Crippen molar-refractivity contribution in [3.05, 3.63) is 24.1 Å². The molecule has 0 aliphatic carbocycles. The van der Waals surface area contributed by atoms with Gasteiger partial charge in [0.05, 0.1) is 6.20 Å². The Kier molecular flexibility index (Phi) is 2.14. The lowest BCUT2D eigenvalue weighted by Gasteiger charge is -2.19. The number of fused-ring (bicyclic) bond motifs is 1. The summed E-state index contributed by atoms with van der Waals surface area (Å²) in [6.07, 6.45) is 1.54. The first-order chi connectivity index (χ1) is 8.25. The second-order valence-electron chi connectivity index (χ2n) is 3.68. The minimum absolute atomic E-state index is 0.155. The van der Waals surface area contributed by atoms with E-state index < -0.39 is 5.82 Å². The highest BCUT2D eigenvalue weighted by Crippen LogP contribution is 2.38. The molecule has 0 saturated carbocycles. The number of hydrogen-bond acceptors (Lipinski definition) is 4. The van der Waals surface area contributed by atoms with Crippen molar-refractivity contribution >= 4 is 5.82 Å². The molecule has 2 aromatic rings. The Labute approximate surface area is 96.3 Å². The van der Waals surface area contributed by atoms with Gasteiger partial charge in [0.2, 0.25) is 0 Å². The maximum Gasteiger partial charge on any atom is 0.197 e. The van der Waals surface area contributed by atoms with Crippen LogP contribution >= 0.6 is 0 Å². The van der Waals surface area contributed by atoms with Gasteiger partial charge in [-0.15, -0.1) is 0 Å². The van der Waals surface area contributed by atoms with Gasteiger partial charge >= 0.3 is 0 Å². The summed E-state index contributed by atoms with van der Waals surface area (Å²) >= 11 is 0. The third-order valence-electron chi connectivity index (χ3n) is 2.58. The average molecular weight is 235 g/mol. The van der Waals surface area contributed by atoms with Crippen LogP contribution in [-0.2, 0) is 0 Å². The average Bonchev–Trinajstić information content (AvgIpc) is 2.75. The maximum atomic E-state index is 13.8. The van der Waals surface area contributed by atoms with E-state index in [2.05, 4.69) is 10.2 Å². The van der Waals surface area contributed by atoms with Crippen LogP contribution in [-0.4, -0.2) is 23.4 Å². The van der Waals surface area contributed by atoms with Gasteiger partial charge in [-0.05, 0) is 17.7 Å². The standard InChI is InChI=1S/C11H10FN3O2/c12-8-3-6(7-5-14-15-11(7)13)4-9-10(8)17-2-1-16-9/h3-5H,1-2H2,(H3,13,14,15). The first-order valence-electron chi connectivity index (χ1n) is 5.14. The van der Waals surface area contributed by atoms with Crippen LogP contribution in [0, 0.1) is 5.82 Å². The molecular formula is C11H10FN3O2. The van der Waals surface area contributed by atoms with E-state index in [-0.39, 0.29) is 5.75 Å². The number of anilines is 1. The van der Waals surface area contributed by atoms with Crippen LogP contribution < -0.4 is 15.2 Å². The molecule has 0 saturated heterocycles. The Morgan fingerprint density at radius 3 is 2.88 bits per heavy atom. The van der Waals surface area contributed by atoms with Crippen molar-refractivity contribution in [3.63, 3.8) is 0 Å². The van der Waals surface area contributed by atoms with E-state index in [0.717, 1.165) is 0 Å². The number of aromatic amines is 1. The summed E-state index contributed by atoms with van der Waals surface area (Å²) in [6.45, 7) is 0.772. The van der Waals surface area contributed by atoms with Crippen LogP contribution in [0.25, 0.3) is 11.1 Å². The van der Waals surface area contributed by atoms with E-state index >= 15 is 0 Å². The highest BCUT2D eigenvalue weighted by molar-refractivity contribution is 5.75. The fourth-order valence-electron chi connectivity index (χ4n) is 1.79. The second-order valence-corrected chi connectivity index (χ2v) is 3.68. The summed E-state index contributed by atoms with van der Waals surface area (Å²) in [6, 6.07) is 3.05. The minimum atomic E-state index is -0.460. The highest BCUT2D eigenvalue weighted by atomic mass is 19.1. The minimum Gasteiger partial charge on any atom is -0.486 e. The zero-order valence-electron chi connectivity index (χ0n) is 8.87. The highest BCUT2D eigenvalue weighted by Gasteiger charge is 2.19. The Bertz CT molecular complexity index is 568. The fourth-order valence-corrected chi connectivity index (χ4v) is 1.79. The van der Waals surface area contributed by atoms with Gasteiger partial charge in [0.1, 0.15) is 19.0 Å². The van der Waals surface area contributed by atoms with Gasteiger partial charge in [-0.1, -0.05) is 0 Å². The van der Waals surface area contributed by atoms with Crippen molar-refractivity contribution < 1.29 is 13.9 Å². The van der Waals surface area contributed by atoms with Gasteiger partial charge in [-0.25, -0.2) is 4.39 Å². The Morgan fingerprint density at radius 2 is 2.12 bits per heavy atom. The lowest BCUT2D eigenvalue weighted by atomic mass is 10.1. The number of nitrogens with two attached hydrogens (primary N) is 1. The molecule has 0 spiro atoms. The predicted molar refractivity (Wildman–Crippen MR) is 59.4 cm³/mol. The molecule has 0 atom stereocenters. The number of nitrogens with zero attached hydrogens (tertiary/aromatic N) is 1. The summed E-state index contributed by atoms with van der Waals surface area (Å²) in [5, 5.41) is 6.40. The first-order valence-corrected chi connectivity index (χ1v) is 5.14. The number of H-pyrrole nitrogens is 1. The summed E-state index contributed by atoms with van der Waals surface area (Å²) in [5.41, 5.74) is 6.94. The number of halogens is 1. The molecule has 6 heteroatoms. The Morgan fingerprint density at radius 1 is 1.29 bits per heavy atom. The number of nitrogen functional groups attached to an aromatic ring is 1. The fraction of sp³-hybridized carbons (Fsp3) is 0.182. The number of rotatable bonds is 1. The first kappa shape index (κ1) is 9.95. The number of hydrogen-bond donors (Lipinski definition) is 2. The molecule has 0 amide bonds.